The lowest BCUT2D eigenvalue weighted by molar-refractivity contribution is -0.132. The summed E-state index contributed by atoms with van der Waals surface area (Å²) in [5, 5.41) is 6.38. The minimum atomic E-state index is -0.0884. The Kier molecular flexibility index (Phi) is 5.20. The van der Waals surface area contributed by atoms with E-state index in [0.717, 1.165) is 28.2 Å². The summed E-state index contributed by atoms with van der Waals surface area (Å²) < 4.78 is 5.24. The zero-order valence-electron chi connectivity index (χ0n) is 15.8. The van der Waals surface area contributed by atoms with Crippen LogP contribution in [0.1, 0.15) is 29.2 Å². The van der Waals surface area contributed by atoms with Gasteiger partial charge in [0.05, 0.1) is 25.3 Å². The van der Waals surface area contributed by atoms with Crippen molar-refractivity contribution in [2.24, 2.45) is 5.10 Å². The van der Waals surface area contributed by atoms with Crippen molar-refractivity contribution in [3.05, 3.63) is 102 Å². The van der Waals surface area contributed by atoms with Crippen molar-refractivity contribution in [3.8, 4) is 5.75 Å². The minimum absolute atomic E-state index is 0.00330. The van der Waals surface area contributed by atoms with Gasteiger partial charge in [0.15, 0.2) is 0 Å². The van der Waals surface area contributed by atoms with Gasteiger partial charge in [0.1, 0.15) is 5.75 Å². The Hall–Kier alpha value is -3.40. The van der Waals surface area contributed by atoms with E-state index in [1.54, 1.807) is 12.1 Å². The van der Waals surface area contributed by atoms with E-state index in [-0.39, 0.29) is 11.9 Å². The van der Waals surface area contributed by atoms with Crippen molar-refractivity contribution in [2.75, 3.05) is 7.11 Å². The minimum Gasteiger partial charge on any atom is -0.497 e. The van der Waals surface area contributed by atoms with Gasteiger partial charge in [-0.2, -0.15) is 5.10 Å². The van der Waals surface area contributed by atoms with Gasteiger partial charge in [-0.15, -0.1) is 0 Å². The van der Waals surface area contributed by atoms with Crippen LogP contribution < -0.4 is 4.74 Å². The second-order valence-electron chi connectivity index (χ2n) is 6.81. The number of benzene rings is 3. The van der Waals surface area contributed by atoms with E-state index in [1.807, 2.05) is 72.8 Å². The summed E-state index contributed by atoms with van der Waals surface area (Å²) in [6.07, 6.45) is 1.03. The van der Waals surface area contributed by atoms with Crippen molar-refractivity contribution in [2.45, 2.75) is 18.9 Å². The van der Waals surface area contributed by atoms with Crippen molar-refractivity contribution >= 4 is 11.6 Å². The Labute approximate surface area is 165 Å². The maximum absolute atomic E-state index is 13.1. The molecule has 4 nitrogen and oxygen atoms in total. The summed E-state index contributed by atoms with van der Waals surface area (Å²) in [6, 6.07) is 27.6. The number of hydrazone groups is 1. The standard InChI is InChI=1S/C24H22N2O2/c1-28-21-14-12-19(13-15-21)22-17-23(20-10-6-3-7-11-20)26(25-22)24(27)16-18-8-4-2-5-9-18/h2-15,23H,16-17H2,1H3/t23-/m0/s1. The summed E-state index contributed by atoms with van der Waals surface area (Å²) in [7, 11) is 1.65. The highest BCUT2D eigenvalue weighted by atomic mass is 16.5. The number of hydrogen-bond donors (Lipinski definition) is 0. The molecule has 0 aliphatic carbocycles. The molecule has 1 heterocycles. The predicted octanol–water partition coefficient (Wildman–Crippen LogP) is 4.62. The molecule has 4 heteroatoms. The van der Waals surface area contributed by atoms with Crippen molar-refractivity contribution in [1.29, 1.82) is 0 Å². The third kappa shape index (κ3) is 3.81. The molecule has 3 aromatic carbocycles. The lowest BCUT2D eigenvalue weighted by atomic mass is 9.98. The molecule has 0 bridgehead atoms. The first-order chi connectivity index (χ1) is 13.7. The molecular formula is C24H22N2O2. The maximum Gasteiger partial charge on any atom is 0.247 e. The summed E-state index contributed by atoms with van der Waals surface area (Å²) in [6.45, 7) is 0. The molecule has 0 radical (unpaired) electrons. The van der Waals surface area contributed by atoms with E-state index in [2.05, 4.69) is 12.1 Å². The van der Waals surface area contributed by atoms with Crippen LogP contribution in [0.3, 0.4) is 0 Å². The van der Waals surface area contributed by atoms with Crippen LogP contribution in [0.25, 0.3) is 0 Å². The number of nitrogens with zero attached hydrogens (tertiary/aromatic N) is 2. The number of amides is 1. The molecule has 0 saturated heterocycles. The summed E-state index contributed by atoms with van der Waals surface area (Å²) in [4.78, 5) is 13.1. The monoisotopic (exact) mass is 370 g/mol. The topological polar surface area (TPSA) is 41.9 Å². The maximum atomic E-state index is 13.1. The molecule has 0 spiro atoms. The van der Waals surface area contributed by atoms with Crippen molar-refractivity contribution in [3.63, 3.8) is 0 Å². The fraction of sp³-hybridized carbons (Fsp3) is 0.167. The Morgan fingerprint density at radius 3 is 2.25 bits per heavy atom. The van der Waals surface area contributed by atoms with Crippen LogP contribution in [0.4, 0.5) is 0 Å². The van der Waals surface area contributed by atoms with Crippen LogP contribution in [0.2, 0.25) is 0 Å². The van der Waals surface area contributed by atoms with Gasteiger partial charge in [-0.1, -0.05) is 60.7 Å². The molecule has 0 aromatic heterocycles. The summed E-state index contributed by atoms with van der Waals surface area (Å²) in [5.41, 5.74) is 4.01. The van der Waals surface area contributed by atoms with Crippen LogP contribution >= 0.6 is 0 Å². The zero-order chi connectivity index (χ0) is 19.3. The number of ether oxygens (including phenoxy) is 1. The highest BCUT2D eigenvalue weighted by molar-refractivity contribution is 6.03. The number of hydrogen-bond acceptors (Lipinski definition) is 3. The summed E-state index contributed by atoms with van der Waals surface area (Å²) in [5.74, 6) is 0.808. The molecule has 1 aliphatic rings. The number of carbonyl (C=O) groups is 1. The lowest BCUT2D eigenvalue weighted by Crippen LogP contribution is -2.28. The first-order valence-corrected chi connectivity index (χ1v) is 9.37. The Morgan fingerprint density at radius 1 is 0.964 bits per heavy atom. The second kappa shape index (κ2) is 8.09. The quantitative estimate of drug-likeness (QED) is 0.658. The zero-order valence-corrected chi connectivity index (χ0v) is 15.8. The van der Waals surface area contributed by atoms with Gasteiger partial charge in [-0.3, -0.25) is 4.79 Å². The third-order valence-electron chi connectivity index (χ3n) is 4.97. The molecule has 4 rings (SSSR count). The molecule has 1 atom stereocenters. The van der Waals surface area contributed by atoms with Crippen LogP contribution in [0.5, 0.6) is 5.75 Å². The molecule has 140 valence electrons. The molecule has 0 unspecified atom stereocenters. The van der Waals surface area contributed by atoms with E-state index in [0.29, 0.717) is 12.8 Å². The molecular weight excluding hydrogens is 348 g/mol. The lowest BCUT2D eigenvalue weighted by Gasteiger charge is -2.22. The molecule has 28 heavy (non-hydrogen) atoms. The van der Waals surface area contributed by atoms with Gasteiger partial charge in [-0.25, -0.2) is 5.01 Å². The predicted molar refractivity (Wildman–Crippen MR) is 110 cm³/mol. The van der Waals surface area contributed by atoms with Gasteiger partial charge in [0, 0.05) is 6.42 Å². The Bertz CT molecular complexity index is 967. The Balaban J connectivity index is 1.63. The van der Waals surface area contributed by atoms with E-state index in [1.165, 1.54) is 0 Å². The van der Waals surface area contributed by atoms with E-state index < -0.39 is 0 Å². The Morgan fingerprint density at radius 2 is 1.61 bits per heavy atom. The van der Waals surface area contributed by atoms with Crippen molar-refractivity contribution in [1.82, 2.24) is 5.01 Å². The molecule has 0 saturated carbocycles. The number of rotatable bonds is 5. The van der Waals surface area contributed by atoms with Gasteiger partial charge in [0.25, 0.3) is 0 Å². The summed E-state index contributed by atoms with van der Waals surface area (Å²) >= 11 is 0. The van der Waals surface area contributed by atoms with E-state index >= 15 is 0 Å². The SMILES string of the molecule is COc1ccc(C2=NN(C(=O)Cc3ccccc3)[C@H](c3ccccc3)C2)cc1. The molecule has 1 aliphatic heterocycles. The molecule has 1 amide bonds. The van der Waals surface area contributed by atoms with Crippen molar-refractivity contribution < 1.29 is 9.53 Å². The smallest absolute Gasteiger partial charge is 0.247 e. The fourth-order valence-electron chi connectivity index (χ4n) is 3.48. The van der Waals surface area contributed by atoms with Crippen LogP contribution in [-0.2, 0) is 11.2 Å². The van der Waals surface area contributed by atoms with Crippen LogP contribution in [0, 0.1) is 0 Å². The fourth-order valence-corrected chi connectivity index (χ4v) is 3.48. The molecule has 3 aromatic rings. The largest absolute Gasteiger partial charge is 0.497 e. The van der Waals surface area contributed by atoms with E-state index in [9.17, 15) is 4.79 Å². The first kappa shape index (κ1) is 18.0. The average Bonchev–Trinajstić information content (AvgIpc) is 3.21. The van der Waals surface area contributed by atoms with Crippen LogP contribution in [-0.4, -0.2) is 23.7 Å². The normalized spacial score (nSPS) is 16.0. The molecule has 0 fully saturated rings. The van der Waals surface area contributed by atoms with Gasteiger partial charge in [0.2, 0.25) is 5.91 Å². The first-order valence-electron chi connectivity index (χ1n) is 9.37. The second-order valence-corrected chi connectivity index (χ2v) is 6.81. The average molecular weight is 370 g/mol. The third-order valence-corrected chi connectivity index (χ3v) is 4.97. The van der Waals surface area contributed by atoms with Crippen LogP contribution in [0.15, 0.2) is 90.0 Å². The highest BCUT2D eigenvalue weighted by Gasteiger charge is 2.32. The number of carbonyl (C=O) groups excluding carboxylic acids is 1. The number of methoxy groups -OCH3 is 1. The highest BCUT2D eigenvalue weighted by Crippen LogP contribution is 2.33. The van der Waals surface area contributed by atoms with E-state index in [4.69, 9.17) is 9.84 Å². The van der Waals surface area contributed by atoms with Gasteiger partial charge < -0.3 is 4.74 Å². The molecule has 0 N–H and O–H groups in total. The van der Waals surface area contributed by atoms with Gasteiger partial charge >= 0.3 is 0 Å². The van der Waals surface area contributed by atoms with Gasteiger partial charge in [-0.05, 0) is 41.0 Å².